The molecular weight excluding hydrogens is 1600 g/mol. The molecule has 0 radical (unpaired) electrons. The SMILES string of the molecule is CC1(C)Oc2cc(-c3ccc4c(c3)oc3ccccc34)ccc2-c2cc(-c3ccc4c(c3)oc3ccccc34)ccc2O1.CC1(C)Oc2cc(-c3ccc4c(c3)oc3ccccc34)ccc2-c2cc(-c3ccc4c(c3)oc3ccccc34)ccc2O1.CC1(C)Oc2cc(-c3ccc4c(c3)oc3ccccc34)ccc2-c2cc(-c3cccc4oc5ccccc5c34)ccc2O1. The van der Waals surface area contributed by atoms with E-state index in [1.165, 1.54) is 0 Å². The van der Waals surface area contributed by atoms with Crippen molar-refractivity contribution in [3.63, 3.8) is 0 Å². The number of hydrogen-bond acceptors (Lipinski definition) is 12. The predicted octanol–water partition coefficient (Wildman–Crippen LogP) is 33.0. The summed E-state index contributed by atoms with van der Waals surface area (Å²) in [5, 5.41) is 13.4. The van der Waals surface area contributed by atoms with Crippen LogP contribution in [0.2, 0.25) is 0 Å². The first-order chi connectivity index (χ1) is 63.0. The molecule has 3 aliphatic heterocycles. The van der Waals surface area contributed by atoms with E-state index in [4.69, 9.17) is 54.9 Å². The van der Waals surface area contributed by atoms with Crippen molar-refractivity contribution in [2.75, 3.05) is 0 Å². The molecule has 0 bridgehead atoms. The number of rotatable bonds is 6. The van der Waals surface area contributed by atoms with Gasteiger partial charge < -0.3 is 54.9 Å². The Labute approximate surface area is 739 Å². The van der Waals surface area contributed by atoms with E-state index in [9.17, 15) is 0 Å². The molecule has 12 nitrogen and oxygen atoms in total. The zero-order valence-electron chi connectivity index (χ0n) is 71.0. The van der Waals surface area contributed by atoms with E-state index in [0.717, 1.165) is 266 Å². The van der Waals surface area contributed by atoms with Crippen molar-refractivity contribution in [3.05, 3.63) is 364 Å². The summed E-state index contributed by atoms with van der Waals surface area (Å²) in [7, 11) is 0. The predicted molar refractivity (Wildman–Crippen MR) is 518 cm³/mol. The van der Waals surface area contributed by atoms with Crippen molar-refractivity contribution in [1.82, 2.24) is 0 Å². The topological polar surface area (TPSA) is 134 Å². The van der Waals surface area contributed by atoms with Crippen molar-refractivity contribution in [2.45, 2.75) is 58.9 Å². The summed E-state index contributed by atoms with van der Waals surface area (Å²) >= 11 is 0. The van der Waals surface area contributed by atoms with E-state index >= 15 is 0 Å². The molecule has 3 aliphatic rings. The van der Waals surface area contributed by atoms with Gasteiger partial charge in [-0.25, -0.2) is 0 Å². The van der Waals surface area contributed by atoms with Gasteiger partial charge in [-0.15, -0.1) is 0 Å². The second-order valence-corrected chi connectivity index (χ2v) is 34.9. The van der Waals surface area contributed by atoms with Crippen LogP contribution in [-0.2, 0) is 0 Å². The van der Waals surface area contributed by atoms with E-state index in [2.05, 4.69) is 237 Å². The van der Waals surface area contributed by atoms with Crippen LogP contribution in [0, 0.1) is 0 Å². The third-order valence-corrected chi connectivity index (χ3v) is 25.2. The van der Waals surface area contributed by atoms with E-state index in [1.54, 1.807) is 0 Å². The van der Waals surface area contributed by atoms with Crippen molar-refractivity contribution < 1.29 is 54.9 Å². The van der Waals surface area contributed by atoms with Crippen LogP contribution in [0.15, 0.2) is 390 Å². The van der Waals surface area contributed by atoms with Gasteiger partial charge in [0.05, 0.1) is 0 Å². The zero-order chi connectivity index (χ0) is 86.1. The molecular formula is C117H78O12. The molecule has 0 atom stereocenters. The molecule has 129 heavy (non-hydrogen) atoms. The van der Waals surface area contributed by atoms with Crippen LogP contribution in [0.4, 0.5) is 0 Å². The molecule has 6 aromatic heterocycles. The molecule has 618 valence electrons. The Morgan fingerprint density at radius 2 is 0.357 bits per heavy atom. The van der Waals surface area contributed by atoms with Crippen molar-refractivity contribution in [2.24, 2.45) is 0 Å². The van der Waals surface area contributed by atoms with E-state index in [0.29, 0.717) is 0 Å². The summed E-state index contributed by atoms with van der Waals surface area (Å²) in [5.41, 5.74) is 29.4. The van der Waals surface area contributed by atoms with Gasteiger partial charge in [0.2, 0.25) is 17.4 Å². The van der Waals surface area contributed by atoms with Crippen LogP contribution in [0.5, 0.6) is 34.5 Å². The molecule has 9 heterocycles. The van der Waals surface area contributed by atoms with E-state index < -0.39 is 17.4 Å². The lowest BCUT2D eigenvalue weighted by Gasteiger charge is -2.26. The Bertz CT molecular complexity index is 8430. The molecule has 24 aromatic rings. The molecule has 0 saturated carbocycles. The highest BCUT2D eigenvalue weighted by Gasteiger charge is 2.35. The Morgan fingerprint density at radius 1 is 0.140 bits per heavy atom. The van der Waals surface area contributed by atoms with Gasteiger partial charge in [-0.1, -0.05) is 188 Å². The molecule has 27 rings (SSSR count). The number of para-hydroxylation sites is 6. The number of hydrogen-bond donors (Lipinski definition) is 0. The minimum atomic E-state index is -0.858. The summed E-state index contributed by atoms with van der Waals surface area (Å²) in [6, 6.07) is 125. The number of ether oxygens (including phenoxy) is 6. The third kappa shape index (κ3) is 13.0. The van der Waals surface area contributed by atoms with Crippen LogP contribution < -0.4 is 28.4 Å². The number of benzene rings is 18. The van der Waals surface area contributed by atoms with Crippen LogP contribution >= 0.6 is 0 Å². The first-order valence-corrected chi connectivity index (χ1v) is 43.5. The summed E-state index contributed by atoms with van der Waals surface area (Å²) < 4.78 is 75.8. The van der Waals surface area contributed by atoms with Crippen LogP contribution in [0.1, 0.15) is 41.5 Å². The molecule has 0 unspecified atom stereocenters. The lowest BCUT2D eigenvalue weighted by Crippen LogP contribution is -2.34. The van der Waals surface area contributed by atoms with Gasteiger partial charge in [0.25, 0.3) is 0 Å². The first kappa shape index (κ1) is 75.1. The van der Waals surface area contributed by atoms with E-state index in [1.807, 2.05) is 169 Å². The largest absolute Gasteiger partial charge is 0.456 e. The van der Waals surface area contributed by atoms with Crippen LogP contribution in [0.3, 0.4) is 0 Å². The molecule has 0 aliphatic carbocycles. The van der Waals surface area contributed by atoms with E-state index in [-0.39, 0.29) is 0 Å². The van der Waals surface area contributed by atoms with Gasteiger partial charge in [-0.05, 0) is 243 Å². The first-order valence-electron chi connectivity index (χ1n) is 43.5. The van der Waals surface area contributed by atoms with Crippen molar-refractivity contribution in [3.8, 4) is 135 Å². The summed E-state index contributed by atoms with van der Waals surface area (Å²) in [6.07, 6.45) is 0. The third-order valence-electron chi connectivity index (χ3n) is 25.2. The van der Waals surface area contributed by atoms with Gasteiger partial charge in [0.1, 0.15) is 101 Å². The van der Waals surface area contributed by atoms with Crippen LogP contribution in [-0.4, -0.2) is 17.4 Å². The Hall–Kier alpha value is -16.4. The molecule has 0 amide bonds. The lowest BCUT2D eigenvalue weighted by atomic mass is 9.93. The van der Waals surface area contributed by atoms with Gasteiger partial charge in [0, 0.05) is 140 Å². The van der Waals surface area contributed by atoms with Gasteiger partial charge in [0.15, 0.2) is 0 Å². The van der Waals surface area contributed by atoms with Gasteiger partial charge in [-0.2, -0.15) is 0 Å². The molecule has 0 saturated heterocycles. The fourth-order valence-electron chi connectivity index (χ4n) is 19.2. The maximum atomic E-state index is 6.52. The number of fused-ring (bicyclic) bond motifs is 27. The van der Waals surface area contributed by atoms with Crippen molar-refractivity contribution in [1.29, 1.82) is 0 Å². The smallest absolute Gasteiger partial charge is 0.245 e. The molecule has 12 heteroatoms. The lowest BCUT2D eigenvalue weighted by molar-refractivity contribution is -0.0784. The molecule has 18 aromatic carbocycles. The quantitative estimate of drug-likeness (QED) is 0.157. The Balaban J connectivity index is 0.000000105. The minimum absolute atomic E-state index is 0.773. The standard InChI is InChI=1S/3C39H26O4/c1-39(2)42-34-19-16-25(26-10-7-13-35-38(26)30-9-4-6-12-33(30)40-35)20-31(34)29-18-15-24(22-37(29)43-39)23-14-17-28-27-8-3-5-11-32(27)41-36(28)21-23;2*1-39(2)42-35-18-14-23(24-11-15-29-27-7-3-5-9-33(27)40-36(29)20-24)19-32(35)31-17-13-26(22-38(31)43-39)25-12-16-30-28-8-4-6-10-34(28)41-37(30)21-25/h3*3-22H,1-2H3. The Morgan fingerprint density at radius 3 is 0.674 bits per heavy atom. The minimum Gasteiger partial charge on any atom is -0.456 e. The Kier molecular flexibility index (Phi) is 16.8. The second kappa shape index (κ2) is 28.8. The zero-order valence-corrected chi connectivity index (χ0v) is 71.0. The summed E-state index contributed by atoms with van der Waals surface area (Å²) in [4.78, 5) is 0. The fourth-order valence-corrected chi connectivity index (χ4v) is 19.2. The second-order valence-electron chi connectivity index (χ2n) is 34.9. The molecule has 0 spiro atoms. The van der Waals surface area contributed by atoms with Gasteiger partial charge in [-0.3, -0.25) is 0 Å². The average Bonchev–Trinajstić information content (AvgIpc) is 1.61. The monoisotopic (exact) mass is 1670 g/mol. The summed E-state index contributed by atoms with van der Waals surface area (Å²) in [6.45, 7) is 11.7. The maximum absolute atomic E-state index is 6.52. The number of furan rings is 6. The van der Waals surface area contributed by atoms with Gasteiger partial charge >= 0.3 is 0 Å². The van der Waals surface area contributed by atoms with Crippen LogP contribution in [0.25, 0.3) is 232 Å². The molecule has 0 N–H and O–H groups in total. The van der Waals surface area contributed by atoms with Crippen molar-refractivity contribution >= 4 is 132 Å². The highest BCUT2D eigenvalue weighted by Crippen LogP contribution is 2.52. The normalized spacial score (nSPS) is 13.9. The highest BCUT2D eigenvalue weighted by atomic mass is 16.7. The summed E-state index contributed by atoms with van der Waals surface area (Å²) in [5.74, 6) is 2.12. The maximum Gasteiger partial charge on any atom is 0.245 e. The fraction of sp³-hybridized carbons (Fsp3) is 0.0769. The molecule has 0 fully saturated rings. The average molecular weight is 1680 g/mol. The highest BCUT2D eigenvalue weighted by molar-refractivity contribution is 6.14.